The van der Waals surface area contributed by atoms with Gasteiger partial charge in [0.15, 0.2) is 0 Å². The first-order chi connectivity index (χ1) is 10.7. The van der Waals surface area contributed by atoms with E-state index in [1.807, 2.05) is 42.5 Å². The number of hydrogen-bond donors (Lipinski definition) is 2. The average Bonchev–Trinajstić information content (AvgIpc) is 2.55. The molecule has 2 N–H and O–H groups in total. The van der Waals surface area contributed by atoms with Crippen molar-refractivity contribution in [1.29, 1.82) is 0 Å². The maximum absolute atomic E-state index is 11.3. The van der Waals surface area contributed by atoms with E-state index in [1.54, 1.807) is 18.9 Å². The Labute approximate surface area is 133 Å². The quantitative estimate of drug-likeness (QED) is 0.908. The molecular weight excluding hydrogens is 298 g/mol. The lowest BCUT2D eigenvalue weighted by Crippen LogP contribution is -2.41. The highest BCUT2D eigenvalue weighted by atomic mass is 32.2. The first kappa shape index (κ1) is 14.9. The van der Waals surface area contributed by atoms with Crippen LogP contribution in [0.25, 0.3) is 0 Å². The highest BCUT2D eigenvalue weighted by Gasteiger charge is 2.27. The van der Waals surface area contributed by atoms with Gasteiger partial charge < -0.3 is 15.2 Å². The Bertz CT molecular complexity index is 688. The van der Waals surface area contributed by atoms with Crippen molar-refractivity contribution in [2.75, 3.05) is 7.11 Å². The number of methoxy groups -OCH3 is 1. The second-order valence-electron chi connectivity index (χ2n) is 5.13. The summed E-state index contributed by atoms with van der Waals surface area (Å²) in [6.07, 6.45) is 0.469. The van der Waals surface area contributed by atoms with Gasteiger partial charge in [-0.1, -0.05) is 36.0 Å². The second kappa shape index (κ2) is 6.42. The van der Waals surface area contributed by atoms with Crippen LogP contribution in [0.1, 0.15) is 11.1 Å². The molecule has 4 nitrogen and oxygen atoms in total. The largest absolute Gasteiger partial charge is 0.496 e. The van der Waals surface area contributed by atoms with Gasteiger partial charge in [0.2, 0.25) is 0 Å². The van der Waals surface area contributed by atoms with E-state index in [0.29, 0.717) is 13.0 Å². The minimum atomic E-state index is -0.816. The normalized spacial score (nSPS) is 16.9. The summed E-state index contributed by atoms with van der Waals surface area (Å²) < 4.78 is 5.49. The van der Waals surface area contributed by atoms with Crippen molar-refractivity contribution in [3.8, 4) is 5.75 Å². The molecule has 5 heteroatoms. The summed E-state index contributed by atoms with van der Waals surface area (Å²) in [4.78, 5) is 13.4. The molecule has 114 valence electrons. The summed E-state index contributed by atoms with van der Waals surface area (Å²) in [6.45, 7) is 0.568. The van der Waals surface area contributed by atoms with Crippen LogP contribution in [0.4, 0.5) is 0 Å². The topological polar surface area (TPSA) is 58.6 Å². The molecule has 0 saturated heterocycles. The Morgan fingerprint density at radius 2 is 2.05 bits per heavy atom. The number of ether oxygens (including phenoxy) is 1. The molecule has 22 heavy (non-hydrogen) atoms. The lowest BCUT2D eigenvalue weighted by atomic mass is 9.95. The van der Waals surface area contributed by atoms with Crippen LogP contribution in [-0.2, 0) is 17.8 Å². The van der Waals surface area contributed by atoms with Crippen LogP contribution in [0.15, 0.2) is 52.3 Å². The fraction of sp³-hybridized carbons (Fsp3) is 0.235. The van der Waals surface area contributed by atoms with Crippen molar-refractivity contribution >= 4 is 17.7 Å². The van der Waals surface area contributed by atoms with Gasteiger partial charge in [0.1, 0.15) is 11.8 Å². The second-order valence-corrected chi connectivity index (χ2v) is 6.21. The molecule has 0 aromatic heterocycles. The molecule has 0 saturated carbocycles. The Morgan fingerprint density at radius 3 is 2.73 bits per heavy atom. The van der Waals surface area contributed by atoms with Crippen molar-refractivity contribution in [3.63, 3.8) is 0 Å². The highest BCUT2D eigenvalue weighted by Crippen LogP contribution is 2.40. The highest BCUT2D eigenvalue weighted by molar-refractivity contribution is 7.99. The third-order valence-electron chi connectivity index (χ3n) is 3.75. The number of carbonyl (C=O) groups is 1. The minimum absolute atomic E-state index is 0.469. The molecule has 1 aliphatic heterocycles. The van der Waals surface area contributed by atoms with E-state index in [9.17, 15) is 9.90 Å². The van der Waals surface area contributed by atoms with Gasteiger partial charge in [-0.05, 0) is 29.3 Å². The van der Waals surface area contributed by atoms with Crippen LogP contribution in [0.5, 0.6) is 5.75 Å². The van der Waals surface area contributed by atoms with Crippen LogP contribution >= 0.6 is 11.8 Å². The Kier molecular flexibility index (Phi) is 4.36. The zero-order chi connectivity index (χ0) is 15.5. The minimum Gasteiger partial charge on any atom is -0.496 e. The van der Waals surface area contributed by atoms with Gasteiger partial charge >= 0.3 is 5.97 Å². The molecular formula is C17H17NO3S. The standard InChI is InChI=1S/C17H17NO3S/c1-21-15-8-7-11-10-18-14(17(19)20)9-13(11)16(15)22-12-5-3-2-4-6-12/h2-8,14,18H,9-10H2,1H3,(H,19,20). The number of nitrogens with one attached hydrogen (secondary N) is 1. The summed E-state index contributed by atoms with van der Waals surface area (Å²) in [5.74, 6) is -0.0252. The number of hydrogen-bond acceptors (Lipinski definition) is 4. The number of fused-ring (bicyclic) bond motifs is 1. The monoisotopic (exact) mass is 315 g/mol. The predicted molar refractivity (Wildman–Crippen MR) is 85.5 cm³/mol. The van der Waals surface area contributed by atoms with E-state index >= 15 is 0 Å². The third kappa shape index (κ3) is 2.96. The maximum atomic E-state index is 11.3. The molecule has 2 aromatic rings. The zero-order valence-electron chi connectivity index (χ0n) is 12.2. The summed E-state index contributed by atoms with van der Waals surface area (Å²) >= 11 is 1.62. The van der Waals surface area contributed by atoms with E-state index in [1.165, 1.54) is 0 Å². The van der Waals surface area contributed by atoms with E-state index < -0.39 is 12.0 Å². The number of carboxylic acid groups (broad SMARTS) is 1. The summed E-state index contributed by atoms with van der Waals surface area (Å²) in [5, 5.41) is 12.3. The molecule has 1 heterocycles. The SMILES string of the molecule is COc1ccc2c(c1Sc1ccccc1)CC(C(=O)O)NC2. The van der Waals surface area contributed by atoms with Gasteiger partial charge in [0.25, 0.3) is 0 Å². The maximum Gasteiger partial charge on any atom is 0.321 e. The van der Waals surface area contributed by atoms with Crippen molar-refractivity contribution in [3.05, 3.63) is 53.6 Å². The molecule has 0 spiro atoms. The van der Waals surface area contributed by atoms with Gasteiger partial charge in [-0.15, -0.1) is 0 Å². The van der Waals surface area contributed by atoms with Gasteiger partial charge in [-0.25, -0.2) is 0 Å². The molecule has 2 aromatic carbocycles. The fourth-order valence-corrected chi connectivity index (χ4v) is 3.72. The molecule has 0 aliphatic carbocycles. The van der Waals surface area contributed by atoms with E-state index in [-0.39, 0.29) is 0 Å². The molecule has 0 bridgehead atoms. The number of rotatable bonds is 4. The van der Waals surface area contributed by atoms with E-state index in [4.69, 9.17) is 4.74 Å². The molecule has 0 amide bonds. The lowest BCUT2D eigenvalue weighted by molar-refractivity contribution is -0.139. The molecule has 3 rings (SSSR count). The Balaban J connectivity index is 2.02. The van der Waals surface area contributed by atoms with Crippen molar-refractivity contribution < 1.29 is 14.6 Å². The fourth-order valence-electron chi connectivity index (χ4n) is 2.60. The summed E-state index contributed by atoms with van der Waals surface area (Å²) in [5.41, 5.74) is 2.20. The number of benzene rings is 2. The van der Waals surface area contributed by atoms with Crippen molar-refractivity contribution in [2.24, 2.45) is 0 Å². The summed E-state index contributed by atoms with van der Waals surface area (Å²) in [6, 6.07) is 13.5. The zero-order valence-corrected chi connectivity index (χ0v) is 13.0. The Hall–Kier alpha value is -1.98. The smallest absolute Gasteiger partial charge is 0.321 e. The third-order valence-corrected chi connectivity index (χ3v) is 4.91. The Morgan fingerprint density at radius 1 is 1.27 bits per heavy atom. The van der Waals surface area contributed by atoms with Crippen molar-refractivity contribution in [1.82, 2.24) is 5.32 Å². The van der Waals surface area contributed by atoms with Crippen LogP contribution in [0.3, 0.4) is 0 Å². The average molecular weight is 315 g/mol. The summed E-state index contributed by atoms with van der Waals surface area (Å²) in [7, 11) is 1.65. The van der Waals surface area contributed by atoms with Gasteiger partial charge in [0, 0.05) is 17.9 Å². The first-order valence-corrected chi connectivity index (χ1v) is 7.88. The van der Waals surface area contributed by atoms with Crippen LogP contribution < -0.4 is 10.1 Å². The van der Waals surface area contributed by atoms with Crippen LogP contribution in [0.2, 0.25) is 0 Å². The predicted octanol–water partition coefficient (Wildman–Crippen LogP) is 2.95. The van der Waals surface area contributed by atoms with Gasteiger partial charge in [-0.3, -0.25) is 4.79 Å². The van der Waals surface area contributed by atoms with Gasteiger partial charge in [0.05, 0.1) is 12.0 Å². The number of aliphatic carboxylic acids is 1. The number of carboxylic acids is 1. The van der Waals surface area contributed by atoms with Crippen molar-refractivity contribution in [2.45, 2.75) is 28.8 Å². The van der Waals surface area contributed by atoms with Gasteiger partial charge in [-0.2, -0.15) is 0 Å². The van der Waals surface area contributed by atoms with E-state index in [2.05, 4.69) is 5.32 Å². The first-order valence-electron chi connectivity index (χ1n) is 7.07. The molecule has 1 atom stereocenters. The molecule has 1 unspecified atom stereocenters. The lowest BCUT2D eigenvalue weighted by Gasteiger charge is -2.26. The van der Waals surface area contributed by atoms with E-state index in [0.717, 1.165) is 26.7 Å². The molecule has 0 radical (unpaired) electrons. The van der Waals surface area contributed by atoms with Crippen LogP contribution in [0, 0.1) is 0 Å². The molecule has 0 fully saturated rings. The van der Waals surface area contributed by atoms with Crippen LogP contribution in [-0.4, -0.2) is 24.2 Å². The molecule has 1 aliphatic rings.